The van der Waals surface area contributed by atoms with Crippen LogP contribution in [0.3, 0.4) is 0 Å². The molecule has 7 nitrogen and oxygen atoms in total. The summed E-state index contributed by atoms with van der Waals surface area (Å²) >= 11 is 0. The standard InChI is InChI=1S/C16H21FN6O/c1-2-7-23-15(18-19-20-23)12-21-8-10-22(11-9-21)16(24)13-3-5-14(17)6-4-13/h3-6H,2,7-12H2,1H3. The molecule has 1 aromatic carbocycles. The number of rotatable bonds is 5. The quantitative estimate of drug-likeness (QED) is 0.822. The van der Waals surface area contributed by atoms with Crippen molar-refractivity contribution in [2.75, 3.05) is 26.2 Å². The van der Waals surface area contributed by atoms with Crippen LogP contribution in [0.1, 0.15) is 29.5 Å². The molecule has 1 aromatic heterocycles. The normalized spacial score (nSPS) is 15.7. The Kier molecular flexibility index (Phi) is 5.14. The number of benzene rings is 1. The largest absolute Gasteiger partial charge is 0.336 e. The zero-order valence-electron chi connectivity index (χ0n) is 13.7. The van der Waals surface area contributed by atoms with Gasteiger partial charge in [-0.2, -0.15) is 0 Å². The molecule has 0 spiro atoms. The lowest BCUT2D eigenvalue weighted by atomic mass is 10.2. The molecule has 0 N–H and O–H groups in total. The number of aromatic nitrogens is 4. The second-order valence-corrected chi connectivity index (χ2v) is 5.89. The van der Waals surface area contributed by atoms with E-state index in [1.54, 1.807) is 4.90 Å². The van der Waals surface area contributed by atoms with E-state index in [2.05, 4.69) is 27.3 Å². The Bertz CT molecular complexity index is 678. The van der Waals surface area contributed by atoms with E-state index in [-0.39, 0.29) is 11.7 Å². The average molecular weight is 332 g/mol. The Morgan fingerprint density at radius 1 is 1.17 bits per heavy atom. The van der Waals surface area contributed by atoms with Gasteiger partial charge in [-0.1, -0.05) is 6.92 Å². The molecule has 1 aliphatic rings. The van der Waals surface area contributed by atoms with Crippen LogP contribution < -0.4 is 0 Å². The third-order valence-electron chi connectivity index (χ3n) is 4.16. The van der Waals surface area contributed by atoms with Gasteiger partial charge >= 0.3 is 0 Å². The molecular weight excluding hydrogens is 311 g/mol. The second-order valence-electron chi connectivity index (χ2n) is 5.89. The highest BCUT2D eigenvalue weighted by atomic mass is 19.1. The summed E-state index contributed by atoms with van der Waals surface area (Å²) in [5, 5.41) is 11.8. The van der Waals surface area contributed by atoms with Gasteiger partial charge in [0.1, 0.15) is 5.82 Å². The summed E-state index contributed by atoms with van der Waals surface area (Å²) < 4.78 is 14.8. The first-order chi connectivity index (χ1) is 11.7. The summed E-state index contributed by atoms with van der Waals surface area (Å²) in [7, 11) is 0. The second kappa shape index (κ2) is 7.48. The van der Waals surface area contributed by atoms with E-state index >= 15 is 0 Å². The minimum absolute atomic E-state index is 0.0505. The fraction of sp³-hybridized carbons (Fsp3) is 0.500. The number of piperazine rings is 1. The van der Waals surface area contributed by atoms with Crippen LogP contribution in [0.5, 0.6) is 0 Å². The van der Waals surface area contributed by atoms with Gasteiger partial charge in [-0.25, -0.2) is 9.07 Å². The predicted molar refractivity (Wildman–Crippen MR) is 85.7 cm³/mol. The van der Waals surface area contributed by atoms with E-state index in [9.17, 15) is 9.18 Å². The molecule has 2 heterocycles. The molecule has 24 heavy (non-hydrogen) atoms. The van der Waals surface area contributed by atoms with Crippen molar-refractivity contribution in [1.29, 1.82) is 0 Å². The van der Waals surface area contributed by atoms with E-state index in [1.165, 1.54) is 24.3 Å². The van der Waals surface area contributed by atoms with E-state index in [0.29, 0.717) is 25.2 Å². The molecule has 3 rings (SSSR count). The highest BCUT2D eigenvalue weighted by Crippen LogP contribution is 2.11. The third kappa shape index (κ3) is 3.76. The molecule has 0 aliphatic carbocycles. The van der Waals surface area contributed by atoms with Crippen LogP contribution >= 0.6 is 0 Å². The maximum absolute atomic E-state index is 13.0. The van der Waals surface area contributed by atoms with Crippen LogP contribution in [0, 0.1) is 5.82 Å². The zero-order chi connectivity index (χ0) is 16.9. The average Bonchev–Trinajstić information content (AvgIpc) is 3.03. The van der Waals surface area contributed by atoms with Gasteiger partial charge in [0.25, 0.3) is 5.91 Å². The third-order valence-corrected chi connectivity index (χ3v) is 4.16. The fourth-order valence-corrected chi connectivity index (χ4v) is 2.81. The number of amides is 1. The van der Waals surface area contributed by atoms with Crippen molar-refractivity contribution in [2.24, 2.45) is 0 Å². The number of halogens is 1. The summed E-state index contributed by atoms with van der Waals surface area (Å²) in [6.45, 7) is 6.41. The minimum Gasteiger partial charge on any atom is -0.336 e. The van der Waals surface area contributed by atoms with Crippen molar-refractivity contribution >= 4 is 5.91 Å². The topological polar surface area (TPSA) is 67.2 Å². The van der Waals surface area contributed by atoms with Crippen molar-refractivity contribution in [3.8, 4) is 0 Å². The van der Waals surface area contributed by atoms with Crippen molar-refractivity contribution in [1.82, 2.24) is 30.0 Å². The van der Waals surface area contributed by atoms with Crippen LogP contribution in [0.25, 0.3) is 0 Å². The molecule has 0 atom stereocenters. The molecule has 1 saturated heterocycles. The fourth-order valence-electron chi connectivity index (χ4n) is 2.81. The van der Waals surface area contributed by atoms with Gasteiger partial charge in [0.05, 0.1) is 6.54 Å². The van der Waals surface area contributed by atoms with Crippen molar-refractivity contribution in [3.63, 3.8) is 0 Å². The lowest BCUT2D eigenvalue weighted by Gasteiger charge is -2.34. The molecular formula is C16H21FN6O. The number of hydrogen-bond acceptors (Lipinski definition) is 5. The first kappa shape index (κ1) is 16.5. The number of hydrogen-bond donors (Lipinski definition) is 0. The van der Waals surface area contributed by atoms with Crippen molar-refractivity contribution in [2.45, 2.75) is 26.4 Å². The first-order valence-corrected chi connectivity index (χ1v) is 8.19. The Morgan fingerprint density at radius 3 is 2.54 bits per heavy atom. The molecule has 0 radical (unpaired) electrons. The SMILES string of the molecule is CCCn1nnnc1CN1CCN(C(=O)c2ccc(F)cc2)CC1. The van der Waals surface area contributed by atoms with Gasteiger partial charge in [-0.3, -0.25) is 9.69 Å². The van der Waals surface area contributed by atoms with Gasteiger partial charge in [0, 0.05) is 38.3 Å². The van der Waals surface area contributed by atoms with Gasteiger partial charge < -0.3 is 4.90 Å². The Labute approximate surface area is 140 Å². The number of tetrazole rings is 1. The van der Waals surface area contributed by atoms with E-state index in [1.807, 2.05) is 4.68 Å². The lowest BCUT2D eigenvalue weighted by Crippen LogP contribution is -2.48. The molecule has 1 amide bonds. The van der Waals surface area contributed by atoms with E-state index < -0.39 is 0 Å². The monoisotopic (exact) mass is 332 g/mol. The van der Waals surface area contributed by atoms with Crippen LogP contribution in [0.15, 0.2) is 24.3 Å². The van der Waals surface area contributed by atoms with Crippen molar-refractivity contribution in [3.05, 3.63) is 41.5 Å². The van der Waals surface area contributed by atoms with Gasteiger partial charge in [0.2, 0.25) is 0 Å². The molecule has 8 heteroatoms. The summed E-state index contributed by atoms with van der Waals surface area (Å²) in [5.41, 5.74) is 0.525. The van der Waals surface area contributed by atoms with Crippen LogP contribution in [-0.4, -0.2) is 62.1 Å². The maximum atomic E-state index is 13.0. The number of carbonyl (C=O) groups is 1. The highest BCUT2D eigenvalue weighted by Gasteiger charge is 2.23. The van der Waals surface area contributed by atoms with Gasteiger partial charge in [0.15, 0.2) is 5.82 Å². The van der Waals surface area contributed by atoms with E-state index in [0.717, 1.165) is 31.9 Å². The summed E-state index contributed by atoms with van der Waals surface area (Å²) in [5.74, 6) is 0.474. The van der Waals surface area contributed by atoms with Crippen LogP contribution in [-0.2, 0) is 13.1 Å². The molecule has 0 unspecified atom stereocenters. The maximum Gasteiger partial charge on any atom is 0.253 e. The molecule has 1 fully saturated rings. The van der Waals surface area contributed by atoms with Gasteiger partial charge in [-0.05, 0) is 41.1 Å². The zero-order valence-corrected chi connectivity index (χ0v) is 13.7. The van der Waals surface area contributed by atoms with E-state index in [4.69, 9.17) is 0 Å². The summed E-state index contributed by atoms with van der Waals surface area (Å²) in [4.78, 5) is 16.5. The number of nitrogens with zero attached hydrogens (tertiary/aromatic N) is 6. The Balaban J connectivity index is 1.54. The van der Waals surface area contributed by atoms with Crippen molar-refractivity contribution < 1.29 is 9.18 Å². The summed E-state index contributed by atoms with van der Waals surface area (Å²) in [6, 6.07) is 5.69. The van der Waals surface area contributed by atoms with Crippen LogP contribution in [0.2, 0.25) is 0 Å². The highest BCUT2D eigenvalue weighted by molar-refractivity contribution is 5.94. The first-order valence-electron chi connectivity index (χ1n) is 8.19. The molecule has 0 saturated carbocycles. The molecule has 128 valence electrons. The summed E-state index contributed by atoms with van der Waals surface area (Å²) in [6.07, 6.45) is 0.984. The van der Waals surface area contributed by atoms with Crippen LogP contribution in [0.4, 0.5) is 4.39 Å². The van der Waals surface area contributed by atoms with Gasteiger partial charge in [-0.15, -0.1) is 5.10 Å². The predicted octanol–water partition coefficient (Wildman–Crippen LogP) is 1.18. The minimum atomic E-state index is -0.332. The molecule has 1 aliphatic heterocycles. The molecule has 2 aromatic rings. The smallest absolute Gasteiger partial charge is 0.253 e. The lowest BCUT2D eigenvalue weighted by molar-refractivity contribution is 0.0623. The number of carbonyl (C=O) groups excluding carboxylic acids is 1. The Morgan fingerprint density at radius 2 is 1.88 bits per heavy atom. The molecule has 0 bridgehead atoms. The Hall–Kier alpha value is -2.35. The number of aryl methyl sites for hydroxylation is 1.